The summed E-state index contributed by atoms with van der Waals surface area (Å²) in [6.07, 6.45) is 30.9. The number of ether oxygens (including phenoxy) is 1. The standard InChI is InChI=1S/C25H36O4/c1-3-4-5-6-7-8-9-10-11-12-13-14-15-16-17-18-19-20-21-22-24(26)29-23(2)25(27)28/h4-5,7-8,10-11,13-14,16-17,19-20,23H,3,6,9,12,15,18,21-22H2,1-2H3,(H,27,28)/b5-4-,8-7-,11-10-,14-13-,17-16-,20-19-. The predicted octanol–water partition coefficient (Wildman–Crippen LogP) is 6.48. The summed E-state index contributed by atoms with van der Waals surface area (Å²) in [5, 5.41) is 8.65. The Morgan fingerprint density at radius 2 is 1.10 bits per heavy atom. The molecular formula is C25H36O4. The lowest BCUT2D eigenvalue weighted by Crippen LogP contribution is -2.23. The van der Waals surface area contributed by atoms with Crippen LogP contribution in [0.1, 0.15) is 65.2 Å². The van der Waals surface area contributed by atoms with Crippen LogP contribution in [0.25, 0.3) is 0 Å². The minimum absolute atomic E-state index is 0.194. The van der Waals surface area contributed by atoms with Crippen molar-refractivity contribution in [3.8, 4) is 0 Å². The van der Waals surface area contributed by atoms with Gasteiger partial charge in [-0.05, 0) is 51.9 Å². The molecule has 4 heteroatoms. The normalized spacial score (nSPS) is 13.7. The molecule has 0 aromatic rings. The van der Waals surface area contributed by atoms with E-state index in [1.165, 1.54) is 6.92 Å². The lowest BCUT2D eigenvalue weighted by molar-refractivity contribution is -0.162. The van der Waals surface area contributed by atoms with E-state index in [1.807, 2.05) is 12.2 Å². The van der Waals surface area contributed by atoms with Gasteiger partial charge in [-0.1, -0.05) is 79.8 Å². The van der Waals surface area contributed by atoms with E-state index in [9.17, 15) is 9.59 Å². The van der Waals surface area contributed by atoms with E-state index >= 15 is 0 Å². The average Bonchev–Trinajstić information content (AvgIpc) is 2.69. The van der Waals surface area contributed by atoms with Gasteiger partial charge in [0, 0.05) is 6.42 Å². The molecule has 0 radical (unpaired) electrons. The van der Waals surface area contributed by atoms with Gasteiger partial charge in [0.2, 0.25) is 0 Å². The van der Waals surface area contributed by atoms with Gasteiger partial charge in [-0.15, -0.1) is 0 Å². The van der Waals surface area contributed by atoms with E-state index in [4.69, 9.17) is 9.84 Å². The zero-order valence-electron chi connectivity index (χ0n) is 17.8. The van der Waals surface area contributed by atoms with Crippen LogP contribution in [0.15, 0.2) is 72.9 Å². The SMILES string of the molecule is CC/C=C\C/C=C\C/C=C\C/C=C\C/C=C\C/C=C\CCC(=O)OC(C)C(=O)O. The summed E-state index contributed by atoms with van der Waals surface area (Å²) in [6, 6.07) is 0. The summed E-state index contributed by atoms with van der Waals surface area (Å²) in [7, 11) is 0. The number of allylic oxidation sites excluding steroid dienone is 12. The Morgan fingerprint density at radius 1 is 0.724 bits per heavy atom. The highest BCUT2D eigenvalue weighted by Crippen LogP contribution is 2.01. The molecule has 0 aliphatic rings. The second-order valence-corrected chi connectivity index (χ2v) is 6.42. The smallest absolute Gasteiger partial charge is 0.344 e. The molecule has 0 aromatic heterocycles. The van der Waals surface area contributed by atoms with Crippen molar-refractivity contribution in [2.75, 3.05) is 0 Å². The fourth-order valence-corrected chi connectivity index (χ4v) is 2.15. The van der Waals surface area contributed by atoms with Crippen LogP contribution in [-0.4, -0.2) is 23.1 Å². The Morgan fingerprint density at radius 3 is 1.48 bits per heavy atom. The molecule has 0 heterocycles. The molecule has 4 nitrogen and oxygen atoms in total. The molecule has 0 aliphatic heterocycles. The third-order valence-corrected chi connectivity index (χ3v) is 3.77. The van der Waals surface area contributed by atoms with Crippen molar-refractivity contribution in [1.29, 1.82) is 0 Å². The van der Waals surface area contributed by atoms with E-state index in [0.29, 0.717) is 6.42 Å². The van der Waals surface area contributed by atoms with Gasteiger partial charge < -0.3 is 9.84 Å². The Hall–Kier alpha value is -2.62. The maximum Gasteiger partial charge on any atom is 0.344 e. The van der Waals surface area contributed by atoms with Crippen molar-refractivity contribution in [2.45, 2.75) is 71.3 Å². The molecule has 0 aliphatic carbocycles. The van der Waals surface area contributed by atoms with E-state index in [0.717, 1.165) is 38.5 Å². The van der Waals surface area contributed by atoms with Crippen LogP contribution in [-0.2, 0) is 14.3 Å². The maximum absolute atomic E-state index is 11.4. The first kappa shape index (κ1) is 26.4. The minimum Gasteiger partial charge on any atom is -0.479 e. The Labute approximate surface area is 176 Å². The van der Waals surface area contributed by atoms with Gasteiger partial charge in [-0.2, -0.15) is 0 Å². The van der Waals surface area contributed by atoms with Gasteiger partial charge in [0.15, 0.2) is 6.10 Å². The first-order chi connectivity index (χ1) is 14.1. The van der Waals surface area contributed by atoms with Crippen molar-refractivity contribution < 1.29 is 19.4 Å². The number of hydrogen-bond acceptors (Lipinski definition) is 3. The van der Waals surface area contributed by atoms with E-state index in [1.54, 1.807) is 0 Å². The van der Waals surface area contributed by atoms with Crippen LogP contribution in [0.3, 0.4) is 0 Å². The molecule has 0 aromatic carbocycles. The highest BCUT2D eigenvalue weighted by atomic mass is 16.6. The first-order valence-corrected chi connectivity index (χ1v) is 10.4. The third-order valence-electron chi connectivity index (χ3n) is 3.77. The van der Waals surface area contributed by atoms with Crippen molar-refractivity contribution in [1.82, 2.24) is 0 Å². The third kappa shape index (κ3) is 19.9. The molecule has 0 rings (SSSR count). The van der Waals surface area contributed by atoms with E-state index < -0.39 is 18.0 Å². The molecule has 0 fully saturated rings. The second-order valence-electron chi connectivity index (χ2n) is 6.42. The molecule has 0 spiro atoms. The van der Waals surface area contributed by atoms with Gasteiger partial charge in [0.1, 0.15) is 0 Å². The quantitative estimate of drug-likeness (QED) is 0.238. The van der Waals surface area contributed by atoms with Crippen molar-refractivity contribution >= 4 is 11.9 Å². The fraction of sp³-hybridized carbons (Fsp3) is 0.440. The summed E-state index contributed by atoms with van der Waals surface area (Å²) < 4.78 is 4.74. The van der Waals surface area contributed by atoms with Crippen LogP contribution >= 0.6 is 0 Å². The van der Waals surface area contributed by atoms with Crippen LogP contribution in [0.5, 0.6) is 0 Å². The minimum atomic E-state index is -1.13. The van der Waals surface area contributed by atoms with Gasteiger partial charge in [-0.25, -0.2) is 4.79 Å². The number of rotatable bonds is 16. The highest BCUT2D eigenvalue weighted by molar-refractivity contribution is 5.77. The number of carboxylic acids is 1. The van der Waals surface area contributed by atoms with Gasteiger partial charge in [0.05, 0.1) is 0 Å². The van der Waals surface area contributed by atoms with Crippen LogP contribution in [0.4, 0.5) is 0 Å². The summed E-state index contributed by atoms with van der Waals surface area (Å²) >= 11 is 0. The summed E-state index contributed by atoms with van der Waals surface area (Å²) in [5.74, 6) is -1.62. The topological polar surface area (TPSA) is 63.6 Å². The summed E-state index contributed by atoms with van der Waals surface area (Å²) in [4.78, 5) is 22.0. The lowest BCUT2D eigenvalue weighted by atomic mass is 10.2. The molecule has 29 heavy (non-hydrogen) atoms. The number of carboxylic acid groups (broad SMARTS) is 1. The van der Waals surface area contributed by atoms with E-state index in [-0.39, 0.29) is 6.42 Å². The molecule has 0 bridgehead atoms. The molecule has 0 saturated heterocycles. The van der Waals surface area contributed by atoms with Gasteiger partial charge in [-0.3, -0.25) is 4.79 Å². The largest absolute Gasteiger partial charge is 0.479 e. The molecule has 0 saturated carbocycles. The van der Waals surface area contributed by atoms with Crippen LogP contribution in [0, 0.1) is 0 Å². The number of esters is 1. The van der Waals surface area contributed by atoms with Crippen LogP contribution in [0.2, 0.25) is 0 Å². The Balaban J connectivity index is 3.64. The summed E-state index contributed by atoms with van der Waals surface area (Å²) in [5.41, 5.74) is 0. The number of hydrogen-bond donors (Lipinski definition) is 1. The zero-order chi connectivity index (χ0) is 21.6. The van der Waals surface area contributed by atoms with E-state index in [2.05, 4.69) is 67.7 Å². The Kier molecular flexibility index (Phi) is 18.3. The van der Waals surface area contributed by atoms with Gasteiger partial charge >= 0.3 is 11.9 Å². The monoisotopic (exact) mass is 400 g/mol. The molecule has 1 unspecified atom stereocenters. The van der Waals surface area contributed by atoms with Gasteiger partial charge in [0.25, 0.3) is 0 Å². The molecular weight excluding hydrogens is 364 g/mol. The zero-order valence-corrected chi connectivity index (χ0v) is 17.8. The average molecular weight is 401 g/mol. The molecule has 160 valence electrons. The Bertz CT molecular complexity index is 606. The fourth-order valence-electron chi connectivity index (χ4n) is 2.15. The lowest BCUT2D eigenvalue weighted by Gasteiger charge is -2.07. The maximum atomic E-state index is 11.4. The number of aliphatic carboxylic acids is 1. The molecule has 1 N–H and O–H groups in total. The molecule has 1 atom stereocenters. The predicted molar refractivity (Wildman–Crippen MR) is 121 cm³/mol. The van der Waals surface area contributed by atoms with Crippen molar-refractivity contribution in [2.24, 2.45) is 0 Å². The number of carbonyl (C=O) groups is 2. The first-order valence-electron chi connectivity index (χ1n) is 10.4. The second kappa shape index (κ2) is 20.1. The van der Waals surface area contributed by atoms with Crippen molar-refractivity contribution in [3.63, 3.8) is 0 Å². The van der Waals surface area contributed by atoms with Crippen molar-refractivity contribution in [3.05, 3.63) is 72.9 Å². The summed E-state index contributed by atoms with van der Waals surface area (Å²) in [6.45, 7) is 3.49. The molecule has 0 amide bonds. The highest BCUT2D eigenvalue weighted by Gasteiger charge is 2.15. The number of carbonyl (C=O) groups excluding carboxylic acids is 1. The van der Waals surface area contributed by atoms with Crippen LogP contribution < -0.4 is 0 Å².